The molecule has 2 aromatic heterocycles. The van der Waals surface area contributed by atoms with E-state index in [-0.39, 0.29) is 13.4 Å². The second-order valence-electron chi connectivity index (χ2n) is 21.4. The Kier molecular flexibility index (Phi) is 9.22. The standard InChI is InChI=1S/C72H44B2N4OS/c1-4-21-46(22-5-1)75-58-32-13-11-30-54(58)73-56-42-40-52-51-28-10-15-38-64(51)79-71(52)69(56)78(63-37-19-35-61(75)68(63)73)49-27-16-20-45(44-49)50-29-17-39-65-66(50)53-41-43-57-70(72(53)80-65)77(48-25-8-3-9-26-48)62-36-18-34-60-67(62)74(57)55-31-12-14-33-59(55)76(60)47-23-6-2-7-24-47/h1-44H. The highest BCUT2D eigenvalue weighted by Gasteiger charge is 2.46. The molecule has 6 heterocycles. The van der Waals surface area contributed by atoms with Crippen molar-refractivity contribution in [3.8, 4) is 11.1 Å². The van der Waals surface area contributed by atoms with Gasteiger partial charge >= 0.3 is 0 Å². The first-order valence-corrected chi connectivity index (χ1v) is 28.4. The molecule has 0 N–H and O–H groups in total. The van der Waals surface area contributed by atoms with Gasteiger partial charge in [-0.05, 0) is 141 Å². The number of furan rings is 1. The van der Waals surface area contributed by atoms with Gasteiger partial charge in [-0.1, -0.05) is 170 Å². The highest BCUT2D eigenvalue weighted by molar-refractivity contribution is 7.26. The van der Waals surface area contributed by atoms with Crippen LogP contribution in [-0.2, 0) is 0 Å². The van der Waals surface area contributed by atoms with E-state index in [2.05, 4.69) is 287 Å². The van der Waals surface area contributed by atoms with E-state index in [1.165, 1.54) is 92.6 Å². The van der Waals surface area contributed by atoms with Crippen molar-refractivity contribution in [2.24, 2.45) is 0 Å². The number of thiophene rings is 1. The maximum atomic E-state index is 7.07. The summed E-state index contributed by atoms with van der Waals surface area (Å²) in [4.78, 5) is 9.97. The molecule has 12 aromatic carbocycles. The molecule has 0 radical (unpaired) electrons. The Labute approximate surface area is 467 Å². The van der Waals surface area contributed by atoms with Gasteiger partial charge in [0.25, 0.3) is 13.4 Å². The molecule has 0 aliphatic carbocycles. The fourth-order valence-electron chi connectivity index (χ4n) is 14.3. The Hall–Kier alpha value is -10.0. The highest BCUT2D eigenvalue weighted by atomic mass is 32.1. The average Bonchev–Trinajstić information content (AvgIpc) is 4.24. The van der Waals surface area contributed by atoms with E-state index in [1.807, 2.05) is 11.3 Å². The molecule has 0 fully saturated rings. The Morgan fingerprint density at radius 1 is 0.325 bits per heavy atom. The molecule has 0 saturated heterocycles. The highest BCUT2D eigenvalue weighted by Crippen LogP contribution is 2.52. The molecule has 5 nitrogen and oxygen atoms in total. The average molecular weight is 1030 g/mol. The molecule has 0 saturated carbocycles. The minimum Gasteiger partial charge on any atom is -0.454 e. The molecular formula is C72H44B2N4OS. The SMILES string of the molecule is c1ccc(N2c3ccccc3B3c4ccc5c(oc6ccccc65)c4N(c4cccc(-c5cccc6sc7c8c(ccc7c56)B5c6ccccc6N(c6ccccc6)c6cccc(c65)N8c5ccccc5)c4)c4cccc2c43)cc1. The lowest BCUT2D eigenvalue weighted by Gasteiger charge is -2.44. The molecule has 14 aromatic rings. The molecule has 4 aliphatic heterocycles. The Morgan fingerprint density at radius 2 is 0.800 bits per heavy atom. The van der Waals surface area contributed by atoms with Crippen LogP contribution in [0, 0.1) is 0 Å². The first-order chi connectivity index (χ1) is 39.7. The lowest BCUT2D eigenvalue weighted by atomic mass is 9.33. The lowest BCUT2D eigenvalue weighted by molar-refractivity contribution is 0.669. The second kappa shape index (κ2) is 16.7. The van der Waals surface area contributed by atoms with E-state index in [9.17, 15) is 0 Å². The molecule has 0 spiro atoms. The summed E-state index contributed by atoms with van der Waals surface area (Å²) in [5.74, 6) is 0. The van der Waals surface area contributed by atoms with Crippen molar-refractivity contribution >= 4 is 168 Å². The number of hydrogen-bond donors (Lipinski definition) is 0. The third-order valence-electron chi connectivity index (χ3n) is 17.4. The van der Waals surface area contributed by atoms with Crippen LogP contribution >= 0.6 is 11.3 Å². The van der Waals surface area contributed by atoms with Gasteiger partial charge in [0, 0.05) is 83.1 Å². The predicted molar refractivity (Wildman–Crippen MR) is 340 cm³/mol. The van der Waals surface area contributed by atoms with Gasteiger partial charge < -0.3 is 24.0 Å². The molecule has 4 aliphatic rings. The molecular weight excluding hydrogens is 991 g/mol. The normalized spacial score (nSPS) is 13.6. The van der Waals surface area contributed by atoms with Crippen LogP contribution in [0.1, 0.15) is 0 Å². The molecule has 18 rings (SSSR count). The molecule has 0 bridgehead atoms. The molecule has 0 unspecified atom stereocenters. The Morgan fingerprint density at radius 3 is 1.44 bits per heavy atom. The zero-order valence-corrected chi connectivity index (χ0v) is 44.0. The van der Waals surface area contributed by atoms with Crippen LogP contribution in [0.4, 0.5) is 68.2 Å². The van der Waals surface area contributed by atoms with Gasteiger partial charge in [0.2, 0.25) is 0 Å². The Balaban J connectivity index is 0.856. The zero-order valence-electron chi connectivity index (χ0n) is 43.2. The quantitative estimate of drug-likeness (QED) is 0.160. The summed E-state index contributed by atoms with van der Waals surface area (Å²) in [5.41, 5.74) is 25.9. The van der Waals surface area contributed by atoms with Crippen molar-refractivity contribution in [1.29, 1.82) is 0 Å². The topological polar surface area (TPSA) is 26.1 Å². The van der Waals surface area contributed by atoms with Crippen LogP contribution in [-0.4, -0.2) is 13.4 Å². The summed E-state index contributed by atoms with van der Waals surface area (Å²) in [6.07, 6.45) is 0. The van der Waals surface area contributed by atoms with Gasteiger partial charge in [-0.2, -0.15) is 0 Å². The first-order valence-electron chi connectivity index (χ1n) is 27.6. The number of hydrogen-bond acceptors (Lipinski definition) is 6. The summed E-state index contributed by atoms with van der Waals surface area (Å²) in [5, 5.41) is 4.76. The first kappa shape index (κ1) is 44.0. The van der Waals surface area contributed by atoms with Crippen molar-refractivity contribution in [3.63, 3.8) is 0 Å². The van der Waals surface area contributed by atoms with Crippen LogP contribution in [0.5, 0.6) is 0 Å². The third kappa shape index (κ3) is 6.03. The molecule has 370 valence electrons. The summed E-state index contributed by atoms with van der Waals surface area (Å²) in [6, 6.07) is 98.5. The molecule has 80 heavy (non-hydrogen) atoms. The van der Waals surface area contributed by atoms with E-state index in [0.717, 1.165) is 61.6 Å². The van der Waals surface area contributed by atoms with Crippen molar-refractivity contribution in [2.75, 3.05) is 19.6 Å². The van der Waals surface area contributed by atoms with Gasteiger partial charge in [0.05, 0.1) is 16.1 Å². The monoisotopic (exact) mass is 1030 g/mol. The summed E-state index contributed by atoms with van der Waals surface area (Å²) < 4.78 is 9.61. The van der Waals surface area contributed by atoms with Crippen LogP contribution in [0.25, 0.3) is 53.2 Å². The van der Waals surface area contributed by atoms with E-state index in [0.29, 0.717) is 0 Å². The lowest BCUT2D eigenvalue weighted by Crippen LogP contribution is -2.61. The van der Waals surface area contributed by atoms with Gasteiger partial charge in [-0.3, -0.25) is 0 Å². The van der Waals surface area contributed by atoms with Crippen molar-refractivity contribution in [2.45, 2.75) is 0 Å². The summed E-state index contributed by atoms with van der Waals surface area (Å²) in [7, 11) is 0. The van der Waals surface area contributed by atoms with Crippen LogP contribution in [0.2, 0.25) is 0 Å². The maximum absolute atomic E-state index is 7.07. The van der Waals surface area contributed by atoms with Gasteiger partial charge in [0.15, 0.2) is 5.58 Å². The second-order valence-corrected chi connectivity index (χ2v) is 22.5. The van der Waals surface area contributed by atoms with Gasteiger partial charge in [-0.25, -0.2) is 0 Å². The molecule has 8 heteroatoms. The number of anilines is 12. The fraction of sp³-hybridized carbons (Fsp3) is 0. The fourth-order valence-corrected chi connectivity index (χ4v) is 15.5. The molecule has 0 atom stereocenters. The van der Waals surface area contributed by atoms with Crippen molar-refractivity contribution < 1.29 is 4.42 Å². The largest absolute Gasteiger partial charge is 0.454 e. The number of fused-ring (bicyclic) bond motifs is 16. The Bertz CT molecular complexity index is 4900. The number of nitrogens with zero attached hydrogens (tertiary/aromatic N) is 4. The van der Waals surface area contributed by atoms with Crippen molar-refractivity contribution in [1.82, 2.24) is 0 Å². The van der Waals surface area contributed by atoms with E-state index in [1.54, 1.807) is 0 Å². The van der Waals surface area contributed by atoms with Gasteiger partial charge in [-0.15, -0.1) is 11.3 Å². The maximum Gasteiger partial charge on any atom is 0.252 e. The van der Waals surface area contributed by atoms with Crippen LogP contribution in [0.3, 0.4) is 0 Å². The van der Waals surface area contributed by atoms with Crippen LogP contribution in [0.15, 0.2) is 271 Å². The van der Waals surface area contributed by atoms with E-state index >= 15 is 0 Å². The number of para-hydroxylation sites is 6. The predicted octanol–water partition coefficient (Wildman–Crippen LogP) is 15.8. The number of benzene rings is 12. The van der Waals surface area contributed by atoms with Crippen molar-refractivity contribution in [3.05, 3.63) is 267 Å². The van der Waals surface area contributed by atoms with Crippen LogP contribution < -0.4 is 52.4 Å². The van der Waals surface area contributed by atoms with Gasteiger partial charge in [0.1, 0.15) is 5.58 Å². The number of rotatable bonds is 5. The zero-order chi connectivity index (χ0) is 52.2. The molecule has 0 amide bonds. The smallest absolute Gasteiger partial charge is 0.252 e. The summed E-state index contributed by atoms with van der Waals surface area (Å²) >= 11 is 1.91. The minimum atomic E-state index is -0.0276. The van der Waals surface area contributed by atoms with E-state index in [4.69, 9.17) is 4.42 Å². The summed E-state index contributed by atoms with van der Waals surface area (Å²) in [6.45, 7) is 0.000425. The minimum absolute atomic E-state index is 0.0276. The third-order valence-corrected chi connectivity index (χ3v) is 18.6. The van der Waals surface area contributed by atoms with E-state index < -0.39 is 0 Å².